The van der Waals surface area contributed by atoms with Crippen molar-refractivity contribution < 1.29 is 15.0 Å². The van der Waals surface area contributed by atoms with Crippen LogP contribution in [0.5, 0.6) is 0 Å². The summed E-state index contributed by atoms with van der Waals surface area (Å²) < 4.78 is 0. The van der Waals surface area contributed by atoms with Gasteiger partial charge in [0.25, 0.3) is 0 Å². The monoisotopic (exact) mass is 928 g/mol. The van der Waals surface area contributed by atoms with Gasteiger partial charge in [-0.05, 0) is 32.1 Å². The quantitative estimate of drug-likeness (QED) is 0.0420. The summed E-state index contributed by atoms with van der Waals surface area (Å²) >= 11 is 0. The molecule has 0 rings (SSSR count). The second-order valence-electron chi connectivity index (χ2n) is 21.1. The summed E-state index contributed by atoms with van der Waals surface area (Å²) in [5.41, 5.74) is 0. The molecular formula is C62H121NO3. The number of allylic oxidation sites excluding steroid dienone is 3. The number of hydrogen-bond donors (Lipinski definition) is 3. The maximum atomic E-state index is 12.5. The zero-order valence-corrected chi connectivity index (χ0v) is 45.2. The summed E-state index contributed by atoms with van der Waals surface area (Å²) in [6.07, 6.45) is 78.0. The molecular weight excluding hydrogens is 807 g/mol. The molecule has 0 saturated heterocycles. The van der Waals surface area contributed by atoms with Gasteiger partial charge in [0.2, 0.25) is 5.91 Å². The summed E-state index contributed by atoms with van der Waals surface area (Å²) in [6.45, 7) is 4.34. The second kappa shape index (κ2) is 58.2. The van der Waals surface area contributed by atoms with Gasteiger partial charge in [-0.15, -0.1) is 0 Å². The van der Waals surface area contributed by atoms with Gasteiger partial charge in [-0.25, -0.2) is 0 Å². The van der Waals surface area contributed by atoms with Crippen molar-refractivity contribution in [2.24, 2.45) is 0 Å². The van der Waals surface area contributed by atoms with Crippen molar-refractivity contribution in [1.29, 1.82) is 0 Å². The number of carbonyl (C=O) groups excluding carboxylic acids is 1. The highest BCUT2D eigenvalue weighted by atomic mass is 16.3. The minimum absolute atomic E-state index is 0.0658. The van der Waals surface area contributed by atoms with E-state index in [2.05, 4.69) is 31.3 Å². The first-order valence-electron chi connectivity index (χ1n) is 30.6. The summed E-state index contributed by atoms with van der Waals surface area (Å²) in [5.74, 6) is -0.0658. The molecule has 3 N–H and O–H groups in total. The molecule has 0 aliphatic carbocycles. The third-order valence-electron chi connectivity index (χ3n) is 14.4. The molecule has 4 heteroatoms. The Balaban J connectivity index is 3.43. The fourth-order valence-electron chi connectivity index (χ4n) is 9.79. The first kappa shape index (κ1) is 64.9. The number of aliphatic hydroxyl groups is 2. The highest BCUT2D eigenvalue weighted by Gasteiger charge is 2.18. The first-order valence-corrected chi connectivity index (χ1v) is 30.6. The van der Waals surface area contributed by atoms with E-state index in [0.29, 0.717) is 6.42 Å². The van der Waals surface area contributed by atoms with Crippen molar-refractivity contribution in [3.05, 3.63) is 24.3 Å². The highest BCUT2D eigenvalue weighted by molar-refractivity contribution is 5.76. The zero-order valence-electron chi connectivity index (χ0n) is 45.2. The molecule has 4 nitrogen and oxygen atoms in total. The van der Waals surface area contributed by atoms with Crippen molar-refractivity contribution in [1.82, 2.24) is 5.32 Å². The third-order valence-corrected chi connectivity index (χ3v) is 14.4. The Morgan fingerprint density at radius 1 is 0.348 bits per heavy atom. The van der Waals surface area contributed by atoms with Crippen LogP contribution in [0.4, 0.5) is 0 Å². The molecule has 0 aromatic rings. The normalized spacial score (nSPS) is 12.8. The van der Waals surface area contributed by atoms with Crippen LogP contribution in [-0.4, -0.2) is 34.9 Å². The smallest absolute Gasteiger partial charge is 0.220 e. The van der Waals surface area contributed by atoms with E-state index in [-0.39, 0.29) is 12.5 Å². The number of nitrogens with one attached hydrogen (secondary N) is 1. The van der Waals surface area contributed by atoms with Crippen LogP contribution in [0.1, 0.15) is 348 Å². The molecule has 0 bridgehead atoms. The Kier molecular flexibility index (Phi) is 57.2. The molecule has 0 aliphatic heterocycles. The Morgan fingerprint density at radius 3 is 0.879 bits per heavy atom. The highest BCUT2D eigenvalue weighted by Crippen LogP contribution is 2.18. The maximum Gasteiger partial charge on any atom is 0.220 e. The predicted molar refractivity (Wildman–Crippen MR) is 295 cm³/mol. The summed E-state index contributed by atoms with van der Waals surface area (Å²) in [7, 11) is 0. The van der Waals surface area contributed by atoms with E-state index in [1.54, 1.807) is 6.08 Å². The fraction of sp³-hybridized carbons (Fsp3) is 0.919. The van der Waals surface area contributed by atoms with E-state index in [9.17, 15) is 15.0 Å². The van der Waals surface area contributed by atoms with E-state index in [4.69, 9.17) is 0 Å². The number of rotatable bonds is 57. The van der Waals surface area contributed by atoms with Gasteiger partial charge in [-0.2, -0.15) is 0 Å². The lowest BCUT2D eigenvalue weighted by atomic mass is 10.0. The summed E-state index contributed by atoms with van der Waals surface area (Å²) in [5, 5.41) is 23.2. The maximum absolute atomic E-state index is 12.5. The van der Waals surface area contributed by atoms with Crippen LogP contribution in [0.2, 0.25) is 0 Å². The molecule has 392 valence electrons. The molecule has 0 aliphatic rings. The van der Waals surface area contributed by atoms with E-state index >= 15 is 0 Å². The van der Waals surface area contributed by atoms with E-state index in [1.165, 1.54) is 295 Å². The van der Waals surface area contributed by atoms with Gasteiger partial charge in [0.15, 0.2) is 0 Å². The van der Waals surface area contributed by atoms with E-state index in [1.807, 2.05) is 6.08 Å². The van der Waals surface area contributed by atoms with Crippen LogP contribution in [0.3, 0.4) is 0 Å². The van der Waals surface area contributed by atoms with Crippen molar-refractivity contribution in [3.63, 3.8) is 0 Å². The predicted octanol–water partition coefficient (Wildman–Crippen LogP) is 20.3. The van der Waals surface area contributed by atoms with Crippen LogP contribution in [0.25, 0.3) is 0 Å². The second-order valence-corrected chi connectivity index (χ2v) is 21.1. The molecule has 66 heavy (non-hydrogen) atoms. The average molecular weight is 929 g/mol. The Bertz CT molecular complexity index is 963. The first-order chi connectivity index (χ1) is 32.7. The van der Waals surface area contributed by atoms with Crippen LogP contribution in [-0.2, 0) is 4.79 Å². The number of carbonyl (C=O) groups is 1. The van der Waals surface area contributed by atoms with Crippen molar-refractivity contribution in [2.75, 3.05) is 6.61 Å². The number of hydrogen-bond acceptors (Lipinski definition) is 3. The van der Waals surface area contributed by atoms with Gasteiger partial charge in [0.1, 0.15) is 0 Å². The molecule has 0 aromatic heterocycles. The molecule has 0 fully saturated rings. The Labute approximate surface area is 415 Å². The third kappa shape index (κ3) is 53.8. The van der Waals surface area contributed by atoms with Gasteiger partial charge in [-0.3, -0.25) is 4.79 Å². The van der Waals surface area contributed by atoms with Crippen LogP contribution < -0.4 is 5.32 Å². The lowest BCUT2D eigenvalue weighted by Gasteiger charge is -2.19. The van der Waals surface area contributed by atoms with Gasteiger partial charge in [0, 0.05) is 6.42 Å². The standard InChI is InChI=1S/C62H121NO3/c1-3-5-7-9-11-13-15-17-19-21-23-25-26-27-28-29-30-31-32-33-34-35-36-38-40-42-44-46-48-50-52-54-56-58-62(66)63-60(59-64)61(65)57-55-53-51-49-47-45-43-41-39-37-24-22-20-18-16-14-12-10-8-6-4-2/h47,49,55,57,60-61,64-65H,3-46,48,50-54,56,58-59H2,1-2H3,(H,63,66)/b49-47+,57-55+. The summed E-state index contributed by atoms with van der Waals surface area (Å²) in [4.78, 5) is 12.5. The lowest BCUT2D eigenvalue weighted by molar-refractivity contribution is -0.123. The minimum atomic E-state index is -0.860. The molecule has 0 saturated carbocycles. The lowest BCUT2D eigenvalue weighted by Crippen LogP contribution is -2.45. The van der Waals surface area contributed by atoms with Crippen LogP contribution in [0, 0.1) is 0 Å². The van der Waals surface area contributed by atoms with E-state index in [0.717, 1.165) is 32.1 Å². The zero-order chi connectivity index (χ0) is 47.7. The fourth-order valence-corrected chi connectivity index (χ4v) is 9.79. The Hall–Kier alpha value is -1.13. The molecule has 2 atom stereocenters. The summed E-state index contributed by atoms with van der Waals surface area (Å²) in [6, 6.07) is -0.636. The largest absolute Gasteiger partial charge is 0.394 e. The van der Waals surface area contributed by atoms with Crippen molar-refractivity contribution in [3.8, 4) is 0 Å². The number of amides is 1. The van der Waals surface area contributed by atoms with Crippen molar-refractivity contribution in [2.45, 2.75) is 360 Å². The number of unbranched alkanes of at least 4 members (excludes halogenated alkanes) is 48. The average Bonchev–Trinajstić information content (AvgIpc) is 3.32. The Morgan fingerprint density at radius 2 is 0.591 bits per heavy atom. The van der Waals surface area contributed by atoms with E-state index < -0.39 is 12.1 Å². The topological polar surface area (TPSA) is 69.6 Å². The minimum Gasteiger partial charge on any atom is -0.394 e. The molecule has 0 aromatic carbocycles. The molecule has 2 unspecified atom stereocenters. The number of aliphatic hydroxyl groups excluding tert-OH is 2. The van der Waals surface area contributed by atoms with Crippen LogP contribution >= 0.6 is 0 Å². The molecule has 0 radical (unpaired) electrons. The van der Waals surface area contributed by atoms with Crippen molar-refractivity contribution >= 4 is 5.91 Å². The molecule has 0 spiro atoms. The van der Waals surface area contributed by atoms with Gasteiger partial charge in [0.05, 0.1) is 18.8 Å². The SMILES string of the molecule is CCCCCCCCCCCCCCCCC/C=C/CC/C=C/C(O)C(CO)NC(=O)CCCCCCCCCCCCCCCCCCCCCCCCCCCCCCCCCCC. The molecule has 1 amide bonds. The van der Waals surface area contributed by atoms with Gasteiger partial charge < -0.3 is 15.5 Å². The molecule has 0 heterocycles. The van der Waals surface area contributed by atoms with Gasteiger partial charge in [-0.1, -0.05) is 334 Å². The van der Waals surface area contributed by atoms with Gasteiger partial charge >= 0.3 is 0 Å². The van der Waals surface area contributed by atoms with Crippen LogP contribution in [0.15, 0.2) is 24.3 Å².